The van der Waals surface area contributed by atoms with E-state index in [1.54, 1.807) is 0 Å². The number of aryl methyl sites for hydroxylation is 2. The molecule has 4 aromatic rings. The van der Waals surface area contributed by atoms with E-state index in [0.29, 0.717) is 44.8 Å². The Balaban J connectivity index is 0.000000195. The smallest absolute Gasteiger partial charge is 0.408 e. The van der Waals surface area contributed by atoms with Crippen LogP contribution in [0.25, 0.3) is 22.3 Å². The molecule has 0 bridgehead atoms. The number of ether oxygens (including phenoxy) is 3. The van der Waals surface area contributed by atoms with Crippen LogP contribution in [-0.2, 0) is 14.2 Å². The Morgan fingerprint density at radius 1 is 0.620 bits per heavy atom. The first-order valence-electron chi connectivity index (χ1n) is 29.1. The number of urea groups is 2. The molecule has 8 heterocycles. The number of aromatic nitrogens is 2. The fourth-order valence-electron chi connectivity index (χ4n) is 11.7. The minimum atomic E-state index is -0.556. The monoisotopic (exact) mass is 1080 g/mol. The molecular weight excluding hydrogens is 997 g/mol. The van der Waals surface area contributed by atoms with Gasteiger partial charge in [-0.15, -0.1) is 0 Å². The van der Waals surface area contributed by atoms with E-state index in [1.165, 1.54) is 0 Å². The van der Waals surface area contributed by atoms with Gasteiger partial charge in [0, 0.05) is 95.5 Å². The molecule has 2 aromatic carbocycles. The van der Waals surface area contributed by atoms with E-state index in [2.05, 4.69) is 126 Å². The number of carbonyl (C=O) groups excluding carboxylic acids is 3. The van der Waals surface area contributed by atoms with Crippen LogP contribution in [0.3, 0.4) is 0 Å². The van der Waals surface area contributed by atoms with Crippen molar-refractivity contribution in [2.24, 2.45) is 17.6 Å². The van der Waals surface area contributed by atoms with Crippen molar-refractivity contribution in [3.8, 4) is 22.3 Å². The predicted octanol–water partition coefficient (Wildman–Crippen LogP) is 9.74. The van der Waals surface area contributed by atoms with Gasteiger partial charge in [0.15, 0.2) is 0 Å². The molecule has 5 N–H and O–H groups in total. The molecule has 18 heteroatoms. The van der Waals surface area contributed by atoms with E-state index in [4.69, 9.17) is 29.9 Å². The number of hydrogen-bond acceptors (Lipinski definition) is 13. The van der Waals surface area contributed by atoms with Crippen molar-refractivity contribution in [2.45, 2.75) is 118 Å². The van der Waals surface area contributed by atoms with Crippen LogP contribution in [0.5, 0.6) is 0 Å². The number of morpholine rings is 2. The van der Waals surface area contributed by atoms with Gasteiger partial charge in [0.1, 0.15) is 28.9 Å². The number of nitrogens with one attached hydrogen (secondary N) is 3. The number of rotatable bonds is 11. The van der Waals surface area contributed by atoms with Crippen LogP contribution in [0.2, 0.25) is 0 Å². The number of anilines is 6. The summed E-state index contributed by atoms with van der Waals surface area (Å²) >= 11 is 0. The molecule has 0 saturated carbocycles. The highest BCUT2D eigenvalue weighted by molar-refractivity contribution is 5.92. The first-order valence-corrected chi connectivity index (χ1v) is 29.1. The number of hydrogen-bond donors (Lipinski definition) is 4. The minimum Gasteiger partial charge on any atom is -0.444 e. The van der Waals surface area contributed by atoms with Crippen molar-refractivity contribution >= 4 is 52.8 Å². The molecule has 6 aliphatic rings. The maximum absolute atomic E-state index is 13.1. The topological polar surface area (TPSA) is 186 Å². The van der Waals surface area contributed by atoms with Crippen LogP contribution in [0, 0.1) is 25.7 Å². The molecule has 18 nitrogen and oxygen atoms in total. The molecular formula is C61H88N12O6. The lowest BCUT2D eigenvalue weighted by Gasteiger charge is -2.31. The quantitative estimate of drug-likeness (QED) is 0.111. The predicted molar refractivity (Wildman–Crippen MR) is 317 cm³/mol. The van der Waals surface area contributed by atoms with Crippen LogP contribution < -0.4 is 41.3 Å². The van der Waals surface area contributed by atoms with Gasteiger partial charge in [-0.05, 0) is 168 Å². The summed E-state index contributed by atoms with van der Waals surface area (Å²) in [5.41, 5.74) is 13.4. The maximum atomic E-state index is 13.1. The van der Waals surface area contributed by atoms with E-state index in [-0.39, 0.29) is 17.6 Å². The van der Waals surface area contributed by atoms with E-state index in [0.717, 1.165) is 179 Å². The fraction of sp³-hybridized carbons (Fsp3) is 0.590. The zero-order valence-corrected chi connectivity index (χ0v) is 48.6. The van der Waals surface area contributed by atoms with Crippen LogP contribution in [-0.4, -0.2) is 160 Å². The second kappa shape index (κ2) is 24.6. The zero-order chi connectivity index (χ0) is 56.1. The third-order valence-corrected chi connectivity index (χ3v) is 16.6. The number of alkyl carbamates (subject to hydrolysis) is 1. The molecule has 5 amide bonds. The molecule has 6 aliphatic heterocycles. The van der Waals surface area contributed by atoms with Crippen molar-refractivity contribution in [3.63, 3.8) is 0 Å². The largest absolute Gasteiger partial charge is 0.444 e. The van der Waals surface area contributed by atoms with Crippen molar-refractivity contribution in [1.29, 1.82) is 0 Å². The van der Waals surface area contributed by atoms with Gasteiger partial charge in [-0.25, -0.2) is 24.4 Å². The van der Waals surface area contributed by atoms with E-state index in [1.807, 2.05) is 42.7 Å². The normalized spacial score (nSPS) is 23.4. The lowest BCUT2D eigenvalue weighted by molar-refractivity contribution is 0.0473. The van der Waals surface area contributed by atoms with Gasteiger partial charge in [0.25, 0.3) is 0 Å². The Bertz CT molecular complexity index is 2790. The summed E-state index contributed by atoms with van der Waals surface area (Å²) in [6.45, 7) is 30.7. The molecule has 428 valence electrons. The summed E-state index contributed by atoms with van der Waals surface area (Å²) in [7, 11) is 0. The third-order valence-electron chi connectivity index (χ3n) is 16.6. The Kier molecular flexibility index (Phi) is 17.8. The minimum absolute atomic E-state index is 0.00975. The molecule has 0 spiro atoms. The van der Waals surface area contributed by atoms with Crippen LogP contribution in [0.15, 0.2) is 60.7 Å². The Morgan fingerprint density at radius 3 is 1.46 bits per heavy atom. The second-order valence-electron chi connectivity index (χ2n) is 24.5. The number of benzene rings is 2. The summed E-state index contributed by atoms with van der Waals surface area (Å²) in [5.74, 6) is 4.89. The molecule has 0 radical (unpaired) electrons. The van der Waals surface area contributed by atoms with Gasteiger partial charge in [-0.2, -0.15) is 0 Å². The molecule has 0 aliphatic carbocycles. The number of carbonyl (C=O) groups is 3. The zero-order valence-electron chi connectivity index (χ0n) is 48.6. The van der Waals surface area contributed by atoms with Crippen LogP contribution in [0.1, 0.15) is 98.1 Å². The number of nitrogens with zero attached hydrogens (tertiary/aromatic N) is 8. The maximum Gasteiger partial charge on any atom is 0.408 e. The molecule has 2 aromatic heterocycles. The van der Waals surface area contributed by atoms with Crippen molar-refractivity contribution < 1.29 is 28.6 Å². The van der Waals surface area contributed by atoms with Gasteiger partial charge in [0.2, 0.25) is 0 Å². The van der Waals surface area contributed by atoms with Crippen LogP contribution in [0.4, 0.5) is 49.0 Å². The lowest BCUT2D eigenvalue weighted by atomic mass is 10.00. The molecule has 10 rings (SSSR count). The average molecular weight is 1090 g/mol. The molecule has 4 atom stereocenters. The molecule has 79 heavy (non-hydrogen) atoms. The summed E-state index contributed by atoms with van der Waals surface area (Å²) in [4.78, 5) is 61.7. The third kappa shape index (κ3) is 14.7. The number of nitrogens with two attached hydrogens (primary N) is 1. The first-order chi connectivity index (χ1) is 37.7. The van der Waals surface area contributed by atoms with Crippen LogP contribution >= 0.6 is 0 Å². The molecule has 6 saturated heterocycles. The Hall–Kier alpha value is -6.37. The summed E-state index contributed by atoms with van der Waals surface area (Å²) in [6.07, 6.45) is 5.70. The van der Waals surface area contributed by atoms with Gasteiger partial charge >= 0.3 is 18.2 Å². The summed E-state index contributed by atoms with van der Waals surface area (Å²) < 4.78 is 16.7. The lowest BCUT2D eigenvalue weighted by Crippen LogP contribution is -2.49. The van der Waals surface area contributed by atoms with E-state index < -0.39 is 17.2 Å². The Labute approximate surface area is 469 Å². The highest BCUT2D eigenvalue weighted by atomic mass is 16.6. The van der Waals surface area contributed by atoms with E-state index >= 15 is 0 Å². The van der Waals surface area contributed by atoms with Gasteiger partial charge in [0.05, 0.1) is 32.0 Å². The van der Waals surface area contributed by atoms with Crippen molar-refractivity contribution in [3.05, 3.63) is 71.8 Å². The second-order valence-corrected chi connectivity index (χ2v) is 24.5. The summed E-state index contributed by atoms with van der Waals surface area (Å²) in [5, 5.41) is 9.38. The van der Waals surface area contributed by atoms with Gasteiger partial charge in [-0.1, -0.05) is 38.8 Å². The van der Waals surface area contributed by atoms with Gasteiger partial charge < -0.3 is 65.3 Å². The molecule has 0 unspecified atom stereocenters. The number of pyridine rings is 2. The SMILES string of the molecule is CC[C@@H]1CCN(C(=O)Nc2ccc(C)c(-c3cc(N4CCOCC4)nc(N4CC[C@](C)(N)C4)c3)c2)C1.CC[C@@H]1CCN(C(=O)Nc2ccc(C)c(-c3cc(N4CCOCC4)nc(N4CC[C@](C)(NC(=O)OC(C)(C)C)C4)c3)c2)C1. The fourth-order valence-corrected chi connectivity index (χ4v) is 11.7. The van der Waals surface area contributed by atoms with Crippen molar-refractivity contribution in [2.75, 3.05) is 135 Å². The summed E-state index contributed by atoms with van der Waals surface area (Å²) in [6, 6.07) is 20.9. The standard InChI is InChI=1S/C33H48N6O4.C28H40N6O2/c1-7-24-10-12-38(21-24)30(40)34-26-9-8-23(2)27(20-26)25-18-28(37-14-16-42-17-15-37)35-29(19-25)39-13-11-33(6,22-39)36-31(41)43-32(3,4)5;1-4-21-7-9-33(18-21)27(35)30-23-6-5-20(2)24(17-23)22-15-25(32-11-13-36-14-12-32)31-26(16-22)34-10-8-28(3,29)19-34/h8-9,18-20,24H,7,10-17,21-22H2,1-6H3,(H,34,40)(H,36,41);5-6,15-17,21H,4,7-14,18-19,29H2,1-3H3,(H,30,35)/t24-,33+;21-,28+/m11/s1. The highest BCUT2D eigenvalue weighted by Crippen LogP contribution is 2.37. The van der Waals surface area contributed by atoms with Crippen molar-refractivity contribution in [1.82, 2.24) is 25.1 Å². The Morgan fingerprint density at radius 2 is 1.05 bits per heavy atom. The van der Waals surface area contributed by atoms with E-state index in [9.17, 15) is 14.4 Å². The number of amides is 5. The molecule has 6 fully saturated rings. The first kappa shape index (κ1) is 57.3. The highest BCUT2D eigenvalue weighted by Gasteiger charge is 2.38. The van der Waals surface area contributed by atoms with Gasteiger partial charge in [-0.3, -0.25) is 0 Å². The average Bonchev–Trinajstić information content (AvgIpc) is 4.29. The number of likely N-dealkylation sites (tertiary alicyclic amines) is 2.